The van der Waals surface area contributed by atoms with E-state index in [4.69, 9.17) is 4.42 Å². The van der Waals surface area contributed by atoms with Gasteiger partial charge < -0.3 is 9.52 Å². The van der Waals surface area contributed by atoms with Gasteiger partial charge >= 0.3 is 0 Å². The van der Waals surface area contributed by atoms with E-state index in [2.05, 4.69) is 10.2 Å². The van der Waals surface area contributed by atoms with Crippen molar-refractivity contribution in [1.29, 1.82) is 0 Å². The number of aliphatic hydroxyl groups is 1. The van der Waals surface area contributed by atoms with Crippen LogP contribution in [0.1, 0.15) is 34.6 Å². The predicted octanol–water partition coefficient (Wildman–Crippen LogP) is 3.48. The van der Waals surface area contributed by atoms with Gasteiger partial charge in [-0.2, -0.15) is 0 Å². The van der Waals surface area contributed by atoms with Crippen molar-refractivity contribution < 1.29 is 19.1 Å². The van der Waals surface area contributed by atoms with Gasteiger partial charge in [0, 0.05) is 0 Å². The van der Waals surface area contributed by atoms with E-state index in [9.17, 15) is 14.7 Å². The van der Waals surface area contributed by atoms with Crippen LogP contribution in [-0.2, 0) is 11.2 Å². The van der Waals surface area contributed by atoms with Crippen LogP contribution in [0.4, 0.5) is 5.13 Å². The summed E-state index contributed by atoms with van der Waals surface area (Å²) in [6.45, 7) is 2.04. The molecule has 3 aromatic rings. The number of nitrogens with zero attached hydrogens (tertiary/aromatic N) is 3. The number of amides is 1. The molecule has 0 aliphatic carbocycles. The molecule has 0 saturated carbocycles. The van der Waals surface area contributed by atoms with Crippen LogP contribution in [0.5, 0.6) is 0 Å². The molecule has 27 heavy (non-hydrogen) atoms. The molecule has 1 unspecified atom stereocenters. The number of aliphatic hydroxyl groups excluding tert-OH is 1. The molecule has 0 bridgehead atoms. The Bertz CT molecular complexity index is 1010. The molecular weight excluding hydrogens is 366 g/mol. The number of benzene rings is 1. The van der Waals surface area contributed by atoms with Gasteiger partial charge in [-0.25, -0.2) is 0 Å². The number of carbonyl (C=O) groups is 2. The molecule has 1 N–H and O–H groups in total. The van der Waals surface area contributed by atoms with Crippen LogP contribution in [0.15, 0.2) is 63.9 Å². The normalized spacial score (nSPS) is 17.0. The van der Waals surface area contributed by atoms with E-state index in [0.29, 0.717) is 10.7 Å². The van der Waals surface area contributed by atoms with E-state index in [-0.39, 0.29) is 11.3 Å². The van der Waals surface area contributed by atoms with Crippen LogP contribution in [0, 0.1) is 0 Å². The minimum atomic E-state index is -0.811. The fourth-order valence-electron chi connectivity index (χ4n) is 3.10. The molecular formula is C19H15N3O4S. The van der Waals surface area contributed by atoms with E-state index in [1.165, 1.54) is 22.7 Å². The van der Waals surface area contributed by atoms with Crippen molar-refractivity contribution >= 4 is 28.2 Å². The summed E-state index contributed by atoms with van der Waals surface area (Å²) in [6, 6.07) is 9.82. The molecule has 0 saturated heterocycles. The number of hydrogen-bond donors (Lipinski definition) is 1. The molecule has 1 aromatic carbocycles. The van der Waals surface area contributed by atoms with Crippen molar-refractivity contribution in [3.63, 3.8) is 0 Å². The molecule has 4 rings (SSSR count). The maximum absolute atomic E-state index is 13.0. The molecule has 8 heteroatoms. The van der Waals surface area contributed by atoms with E-state index in [0.717, 1.165) is 23.3 Å². The third kappa shape index (κ3) is 2.83. The zero-order chi connectivity index (χ0) is 19.0. The van der Waals surface area contributed by atoms with Crippen molar-refractivity contribution in [3.8, 4) is 0 Å². The van der Waals surface area contributed by atoms with Gasteiger partial charge in [0.25, 0.3) is 5.91 Å². The first-order chi connectivity index (χ1) is 13.1. The summed E-state index contributed by atoms with van der Waals surface area (Å²) in [7, 11) is 0. The third-order valence-corrected chi connectivity index (χ3v) is 5.14. The number of furan rings is 1. The number of hydrogen-bond acceptors (Lipinski definition) is 7. The highest BCUT2D eigenvalue weighted by Gasteiger charge is 2.46. The van der Waals surface area contributed by atoms with Gasteiger partial charge in [0.05, 0.1) is 17.9 Å². The fraction of sp³-hybridized carbons (Fsp3) is 0.158. The van der Waals surface area contributed by atoms with Crippen molar-refractivity contribution in [2.75, 3.05) is 4.90 Å². The number of anilines is 1. The first-order valence-electron chi connectivity index (χ1n) is 8.31. The van der Waals surface area contributed by atoms with Crippen LogP contribution < -0.4 is 4.90 Å². The summed E-state index contributed by atoms with van der Waals surface area (Å²) in [5.74, 6) is -1.77. The second-order valence-electron chi connectivity index (χ2n) is 5.96. The summed E-state index contributed by atoms with van der Waals surface area (Å²) in [4.78, 5) is 27.0. The summed E-state index contributed by atoms with van der Waals surface area (Å²) < 4.78 is 5.19. The van der Waals surface area contributed by atoms with E-state index in [1.54, 1.807) is 6.07 Å². The van der Waals surface area contributed by atoms with Crippen molar-refractivity contribution in [2.45, 2.75) is 19.4 Å². The Labute approximate surface area is 158 Å². The topological polar surface area (TPSA) is 96.5 Å². The summed E-state index contributed by atoms with van der Waals surface area (Å²) in [5, 5.41) is 18.5. The van der Waals surface area contributed by atoms with Gasteiger partial charge in [0.1, 0.15) is 5.51 Å². The maximum Gasteiger partial charge on any atom is 0.296 e. The largest absolute Gasteiger partial charge is 0.503 e. The van der Waals surface area contributed by atoms with Crippen LogP contribution in [0.3, 0.4) is 0 Å². The highest BCUT2D eigenvalue weighted by molar-refractivity contribution is 7.13. The summed E-state index contributed by atoms with van der Waals surface area (Å²) in [6.07, 6.45) is 2.23. The first kappa shape index (κ1) is 17.2. The van der Waals surface area contributed by atoms with Gasteiger partial charge in [0.2, 0.25) is 10.9 Å². The molecule has 7 nitrogen and oxygen atoms in total. The number of aromatic nitrogens is 2. The van der Waals surface area contributed by atoms with Gasteiger partial charge in [-0.05, 0) is 29.7 Å². The molecule has 1 aliphatic rings. The summed E-state index contributed by atoms with van der Waals surface area (Å²) >= 11 is 1.15. The van der Waals surface area contributed by atoms with Crippen LogP contribution in [-0.4, -0.2) is 27.0 Å². The SMILES string of the molecule is CCc1ccc(C2C(C(=O)c3ccco3)=C(O)C(=O)N2c2nncs2)cc1. The van der Waals surface area contributed by atoms with Crippen LogP contribution >= 0.6 is 11.3 Å². The lowest BCUT2D eigenvalue weighted by Crippen LogP contribution is -2.31. The summed E-state index contributed by atoms with van der Waals surface area (Å²) in [5.41, 5.74) is 3.27. The van der Waals surface area contributed by atoms with Crippen molar-refractivity contribution in [1.82, 2.24) is 10.2 Å². The molecule has 136 valence electrons. The number of carbonyl (C=O) groups excluding carboxylic acids is 2. The van der Waals surface area contributed by atoms with Crippen LogP contribution in [0.2, 0.25) is 0 Å². The lowest BCUT2D eigenvalue weighted by atomic mass is 9.94. The Balaban J connectivity index is 1.86. The zero-order valence-electron chi connectivity index (χ0n) is 14.3. The Kier molecular flexibility index (Phi) is 4.33. The number of rotatable bonds is 5. The average molecular weight is 381 g/mol. The predicted molar refractivity (Wildman–Crippen MR) is 98.6 cm³/mol. The third-order valence-electron chi connectivity index (χ3n) is 4.46. The van der Waals surface area contributed by atoms with Crippen molar-refractivity contribution in [3.05, 3.63) is 76.4 Å². The zero-order valence-corrected chi connectivity index (χ0v) is 15.1. The molecule has 3 heterocycles. The molecule has 2 aromatic heterocycles. The van der Waals surface area contributed by atoms with Gasteiger partial charge in [-0.15, -0.1) is 10.2 Å². The van der Waals surface area contributed by atoms with E-state index < -0.39 is 23.5 Å². The van der Waals surface area contributed by atoms with Gasteiger partial charge in [-0.3, -0.25) is 14.5 Å². The molecule has 1 atom stereocenters. The fourth-order valence-corrected chi connectivity index (χ4v) is 3.68. The van der Waals surface area contributed by atoms with E-state index in [1.807, 2.05) is 31.2 Å². The second-order valence-corrected chi connectivity index (χ2v) is 6.77. The van der Waals surface area contributed by atoms with Gasteiger partial charge in [0.15, 0.2) is 11.5 Å². The standard InChI is InChI=1S/C19H15N3O4S/c1-2-11-5-7-12(8-6-11)15-14(16(23)13-4-3-9-26-13)17(24)18(25)22(15)19-21-20-10-27-19/h3-10,15,24H,2H2,1H3. The second kappa shape index (κ2) is 6.81. The average Bonchev–Trinajstić information content (AvgIpc) is 3.44. The van der Waals surface area contributed by atoms with Crippen molar-refractivity contribution in [2.24, 2.45) is 0 Å². The molecule has 0 radical (unpaired) electrons. The van der Waals surface area contributed by atoms with Gasteiger partial charge in [-0.1, -0.05) is 42.5 Å². The molecule has 1 amide bonds. The highest BCUT2D eigenvalue weighted by atomic mass is 32.1. The lowest BCUT2D eigenvalue weighted by molar-refractivity contribution is -0.117. The number of ketones is 1. The smallest absolute Gasteiger partial charge is 0.296 e. The lowest BCUT2D eigenvalue weighted by Gasteiger charge is -2.24. The molecule has 0 spiro atoms. The Morgan fingerprint density at radius 1 is 1.30 bits per heavy atom. The number of aryl methyl sites for hydroxylation is 1. The Morgan fingerprint density at radius 3 is 2.67 bits per heavy atom. The minimum Gasteiger partial charge on any atom is -0.503 e. The molecule has 0 fully saturated rings. The Morgan fingerprint density at radius 2 is 2.07 bits per heavy atom. The van der Waals surface area contributed by atoms with E-state index >= 15 is 0 Å². The number of Topliss-reactive ketones (excluding diaryl/α,β-unsaturated/α-hetero) is 1. The monoisotopic (exact) mass is 381 g/mol. The maximum atomic E-state index is 13.0. The van der Waals surface area contributed by atoms with Crippen LogP contribution in [0.25, 0.3) is 0 Å². The Hall–Kier alpha value is -3.26. The first-order valence-corrected chi connectivity index (χ1v) is 9.19. The minimum absolute atomic E-state index is 0.0330. The molecule has 1 aliphatic heterocycles. The quantitative estimate of drug-likeness (QED) is 0.680. The highest BCUT2D eigenvalue weighted by Crippen LogP contribution is 2.42.